The van der Waals surface area contributed by atoms with Crippen LogP contribution in [0.15, 0.2) is 24.3 Å². The second-order valence-corrected chi connectivity index (χ2v) is 7.37. The van der Waals surface area contributed by atoms with E-state index < -0.39 is 48.5 Å². The van der Waals surface area contributed by atoms with Crippen molar-refractivity contribution in [2.24, 2.45) is 5.92 Å². The van der Waals surface area contributed by atoms with E-state index in [1.165, 1.54) is 18.2 Å². The molecule has 9 heteroatoms. The van der Waals surface area contributed by atoms with E-state index in [4.69, 9.17) is 11.3 Å². The molecule has 0 saturated carbocycles. The molecule has 1 heterocycles. The highest BCUT2D eigenvalue weighted by Gasteiger charge is 2.54. The van der Waals surface area contributed by atoms with Gasteiger partial charge in [-0.15, -0.1) is 0 Å². The monoisotopic (exact) mass is 403 g/mol. The zero-order chi connectivity index (χ0) is 21.6. The minimum absolute atomic E-state index is 0.0669. The topological polar surface area (TPSA) is 133 Å². The van der Waals surface area contributed by atoms with E-state index in [1.807, 2.05) is 13.8 Å². The Morgan fingerprint density at radius 1 is 1.24 bits per heavy atom. The third-order valence-corrected chi connectivity index (χ3v) is 4.58. The first-order valence-corrected chi connectivity index (χ1v) is 9.25. The van der Waals surface area contributed by atoms with Gasteiger partial charge in [0.25, 0.3) is 5.91 Å². The maximum atomic E-state index is 12.7. The van der Waals surface area contributed by atoms with Crippen molar-refractivity contribution in [3.63, 3.8) is 0 Å². The van der Waals surface area contributed by atoms with Gasteiger partial charge in [-0.3, -0.25) is 14.4 Å². The van der Waals surface area contributed by atoms with Crippen LogP contribution in [0.2, 0.25) is 0 Å². The normalized spacial score (nSPS) is 19.7. The molecule has 3 atom stereocenters. The quantitative estimate of drug-likeness (QED) is 0.326. The number of aliphatic hydroxyl groups is 2. The predicted molar refractivity (Wildman–Crippen MR) is 103 cm³/mol. The fourth-order valence-electron chi connectivity index (χ4n) is 2.84. The summed E-state index contributed by atoms with van der Waals surface area (Å²) >= 11 is 0. The number of ketones is 1. The van der Waals surface area contributed by atoms with Gasteiger partial charge in [0.1, 0.15) is 6.04 Å². The number of nitrogens with zero attached hydrogens (tertiary/aromatic N) is 1. The van der Waals surface area contributed by atoms with Crippen LogP contribution in [-0.4, -0.2) is 65.3 Å². The molecule has 2 amide bonds. The fourth-order valence-corrected chi connectivity index (χ4v) is 2.84. The Kier molecular flexibility index (Phi) is 7.45. The van der Waals surface area contributed by atoms with Gasteiger partial charge in [-0.25, -0.2) is 4.85 Å². The standard InChI is InChI=1S/C20H25N3O6/c1-12(2)7-15(17(26)20(10-25)11-29-20)22-19(28)16(9-24)23-18(27)13-5-4-6-14(8-13)21-3/h4-6,8,12,15-16,24-25H,7,9-11H2,1-2H3,(H,22,28)(H,23,27)/t15-,16-,20+/m0/s1. The van der Waals surface area contributed by atoms with Gasteiger partial charge in [-0.1, -0.05) is 32.0 Å². The SMILES string of the molecule is [C-]#[N+]c1cccc(C(=O)N[C@@H](CO)C(=O)N[C@@H](CC(C)C)C(=O)[C@@]2(CO)CO2)c1. The largest absolute Gasteiger partial charge is 0.394 e. The van der Waals surface area contributed by atoms with Gasteiger partial charge >= 0.3 is 0 Å². The Morgan fingerprint density at radius 3 is 2.45 bits per heavy atom. The average molecular weight is 403 g/mol. The molecule has 156 valence electrons. The molecule has 4 N–H and O–H groups in total. The Hall–Kier alpha value is -2.80. The molecule has 1 aromatic carbocycles. The predicted octanol–water partition coefficient (Wildman–Crippen LogP) is 0.189. The fraction of sp³-hybridized carbons (Fsp3) is 0.500. The lowest BCUT2D eigenvalue weighted by Crippen LogP contribution is -2.55. The van der Waals surface area contributed by atoms with E-state index in [9.17, 15) is 24.6 Å². The molecular weight excluding hydrogens is 378 g/mol. The number of benzene rings is 1. The molecule has 1 fully saturated rings. The smallest absolute Gasteiger partial charge is 0.250 e. The molecule has 1 aromatic rings. The molecule has 0 aromatic heterocycles. The van der Waals surface area contributed by atoms with E-state index in [2.05, 4.69) is 15.5 Å². The lowest BCUT2D eigenvalue weighted by molar-refractivity contribution is -0.133. The molecule has 0 bridgehead atoms. The summed E-state index contributed by atoms with van der Waals surface area (Å²) in [4.78, 5) is 40.9. The minimum Gasteiger partial charge on any atom is -0.394 e. The summed E-state index contributed by atoms with van der Waals surface area (Å²) in [6.45, 7) is 9.69. The van der Waals surface area contributed by atoms with Crippen molar-refractivity contribution in [1.29, 1.82) is 0 Å². The van der Waals surface area contributed by atoms with Crippen LogP contribution >= 0.6 is 0 Å². The second kappa shape index (κ2) is 9.60. The van der Waals surface area contributed by atoms with Crippen molar-refractivity contribution in [3.8, 4) is 0 Å². The molecule has 1 aliphatic heterocycles. The molecule has 1 aliphatic rings. The van der Waals surface area contributed by atoms with E-state index in [0.717, 1.165) is 0 Å². The number of hydrogen-bond acceptors (Lipinski definition) is 6. The lowest BCUT2D eigenvalue weighted by atomic mass is 9.92. The number of hydrogen-bond donors (Lipinski definition) is 4. The minimum atomic E-state index is -1.29. The number of ether oxygens (including phenoxy) is 1. The summed E-state index contributed by atoms with van der Waals surface area (Å²) in [6.07, 6.45) is 0.314. The first kappa shape index (κ1) is 22.5. The maximum absolute atomic E-state index is 12.7. The summed E-state index contributed by atoms with van der Waals surface area (Å²) in [5.74, 6) is -1.73. The van der Waals surface area contributed by atoms with Crippen LogP contribution in [0.3, 0.4) is 0 Å². The van der Waals surface area contributed by atoms with Crippen LogP contribution in [-0.2, 0) is 14.3 Å². The summed E-state index contributed by atoms with van der Waals surface area (Å²) in [5, 5.41) is 23.9. The second-order valence-electron chi connectivity index (χ2n) is 7.37. The molecule has 1 saturated heterocycles. The summed E-state index contributed by atoms with van der Waals surface area (Å²) in [7, 11) is 0. The molecule has 2 rings (SSSR count). The highest BCUT2D eigenvalue weighted by atomic mass is 16.6. The number of nitrogens with one attached hydrogen (secondary N) is 2. The molecule has 0 aliphatic carbocycles. The number of aliphatic hydroxyl groups excluding tert-OH is 2. The molecule has 9 nitrogen and oxygen atoms in total. The molecule has 29 heavy (non-hydrogen) atoms. The van der Waals surface area contributed by atoms with Crippen LogP contribution in [0.25, 0.3) is 4.85 Å². The zero-order valence-corrected chi connectivity index (χ0v) is 16.3. The van der Waals surface area contributed by atoms with Gasteiger partial charge in [0.05, 0.1) is 32.4 Å². The van der Waals surface area contributed by atoms with Gasteiger partial charge < -0.3 is 25.6 Å². The molecule has 0 radical (unpaired) electrons. The molecule has 0 unspecified atom stereocenters. The van der Waals surface area contributed by atoms with E-state index in [1.54, 1.807) is 6.07 Å². The number of rotatable bonds is 10. The molecular formula is C20H25N3O6. The number of epoxide rings is 1. The summed E-state index contributed by atoms with van der Waals surface area (Å²) in [5.41, 5.74) is -0.848. The van der Waals surface area contributed by atoms with Crippen molar-refractivity contribution in [3.05, 3.63) is 41.2 Å². The third-order valence-electron chi connectivity index (χ3n) is 4.58. The number of carbonyl (C=O) groups excluding carboxylic acids is 3. The first-order chi connectivity index (χ1) is 13.8. The lowest BCUT2D eigenvalue weighted by Gasteiger charge is -2.24. The maximum Gasteiger partial charge on any atom is 0.250 e. The number of Topliss-reactive ketones (excluding diaryl/α,β-unsaturated/α-hetero) is 1. The summed E-state index contributed by atoms with van der Waals surface area (Å²) in [6, 6.07) is 3.73. The van der Waals surface area contributed by atoms with Gasteiger partial charge in [-0.05, 0) is 18.4 Å². The summed E-state index contributed by atoms with van der Waals surface area (Å²) < 4.78 is 5.09. The van der Waals surface area contributed by atoms with Crippen molar-refractivity contribution < 1.29 is 29.3 Å². The first-order valence-electron chi connectivity index (χ1n) is 9.25. The highest BCUT2D eigenvalue weighted by molar-refractivity contribution is 6.00. The Balaban J connectivity index is 2.08. The number of amides is 2. The van der Waals surface area contributed by atoms with E-state index in [-0.39, 0.29) is 23.8 Å². The average Bonchev–Trinajstić information content (AvgIpc) is 3.51. The number of carbonyl (C=O) groups is 3. The van der Waals surface area contributed by atoms with Crippen molar-refractivity contribution in [2.45, 2.75) is 38.0 Å². The van der Waals surface area contributed by atoms with Gasteiger partial charge in [0.2, 0.25) is 5.91 Å². The van der Waals surface area contributed by atoms with Crippen LogP contribution in [0.5, 0.6) is 0 Å². The molecule has 0 spiro atoms. The van der Waals surface area contributed by atoms with Crippen LogP contribution in [0.4, 0.5) is 5.69 Å². The van der Waals surface area contributed by atoms with Crippen molar-refractivity contribution in [2.75, 3.05) is 19.8 Å². The van der Waals surface area contributed by atoms with Crippen molar-refractivity contribution >= 4 is 23.3 Å². The zero-order valence-electron chi connectivity index (χ0n) is 16.3. The van der Waals surface area contributed by atoms with Gasteiger partial charge in [0, 0.05) is 5.56 Å². The highest BCUT2D eigenvalue weighted by Crippen LogP contribution is 2.30. The van der Waals surface area contributed by atoms with E-state index >= 15 is 0 Å². The van der Waals surface area contributed by atoms with Crippen LogP contribution in [0.1, 0.15) is 30.6 Å². The van der Waals surface area contributed by atoms with Crippen molar-refractivity contribution in [1.82, 2.24) is 10.6 Å². The van der Waals surface area contributed by atoms with Gasteiger partial charge in [-0.2, -0.15) is 0 Å². The van der Waals surface area contributed by atoms with Crippen LogP contribution < -0.4 is 10.6 Å². The van der Waals surface area contributed by atoms with Crippen LogP contribution in [0, 0.1) is 12.5 Å². The Labute approximate surface area is 168 Å². The Bertz CT molecular complexity index is 813. The van der Waals surface area contributed by atoms with E-state index in [0.29, 0.717) is 6.42 Å². The third kappa shape index (κ3) is 5.60. The van der Waals surface area contributed by atoms with Gasteiger partial charge in [0.15, 0.2) is 17.1 Å². The Morgan fingerprint density at radius 2 is 1.93 bits per heavy atom.